The van der Waals surface area contributed by atoms with Crippen molar-refractivity contribution < 1.29 is 4.79 Å². The molecule has 1 aromatic carbocycles. The second-order valence-corrected chi connectivity index (χ2v) is 2.49. The molecule has 0 fully saturated rings. The molecule has 0 bridgehead atoms. The Morgan fingerprint density at radius 3 is 1.47 bits per heavy atom. The van der Waals surface area contributed by atoms with Gasteiger partial charge in [-0.1, -0.05) is 27.7 Å². The molecular formula is C14H28N2O. The van der Waals surface area contributed by atoms with E-state index in [9.17, 15) is 4.79 Å². The van der Waals surface area contributed by atoms with Crippen molar-refractivity contribution in [2.45, 2.75) is 27.7 Å². The molecule has 0 aromatic heterocycles. The lowest BCUT2D eigenvalue weighted by Crippen LogP contribution is -1.89. The van der Waals surface area contributed by atoms with Crippen LogP contribution in [-0.2, 0) is 0 Å². The van der Waals surface area contributed by atoms with Crippen molar-refractivity contribution in [1.82, 2.24) is 5.32 Å². The van der Waals surface area contributed by atoms with E-state index in [0.717, 1.165) is 12.0 Å². The van der Waals surface area contributed by atoms with Gasteiger partial charge >= 0.3 is 0 Å². The minimum Gasteiger partial charge on any atom is -0.388 e. The van der Waals surface area contributed by atoms with E-state index in [1.54, 1.807) is 12.1 Å². The summed E-state index contributed by atoms with van der Waals surface area (Å²) >= 11 is 0. The Bertz CT molecular complexity index is 232. The molecule has 0 unspecified atom stereocenters. The number of carbonyl (C=O) groups is 1. The molecule has 0 aliphatic heterocycles. The lowest BCUT2D eigenvalue weighted by molar-refractivity contribution is 0.112. The number of aldehydes is 1. The summed E-state index contributed by atoms with van der Waals surface area (Å²) in [6, 6.07) is 7.28. The van der Waals surface area contributed by atoms with Gasteiger partial charge in [-0.2, -0.15) is 0 Å². The maximum atomic E-state index is 10.2. The van der Waals surface area contributed by atoms with E-state index >= 15 is 0 Å². The molecule has 3 nitrogen and oxygen atoms in total. The molecule has 0 saturated carbocycles. The summed E-state index contributed by atoms with van der Waals surface area (Å²) in [5.74, 6) is 0. The maximum absolute atomic E-state index is 10.2. The molecule has 0 saturated heterocycles. The first-order chi connectivity index (χ1) is 8.28. The monoisotopic (exact) mass is 240 g/mol. The number of hydrogen-bond donors (Lipinski definition) is 2. The van der Waals surface area contributed by atoms with Gasteiger partial charge in [0, 0.05) is 18.3 Å². The molecule has 3 heteroatoms. The number of hydrogen-bond acceptors (Lipinski definition) is 3. The summed E-state index contributed by atoms with van der Waals surface area (Å²) in [4.78, 5) is 10.2. The third-order valence-corrected chi connectivity index (χ3v) is 1.34. The molecule has 1 aromatic rings. The predicted molar refractivity (Wildman–Crippen MR) is 79.1 cm³/mol. The highest BCUT2D eigenvalue weighted by atomic mass is 16.1. The largest absolute Gasteiger partial charge is 0.388 e. The van der Waals surface area contributed by atoms with E-state index in [-0.39, 0.29) is 0 Å². The zero-order valence-electron chi connectivity index (χ0n) is 12.3. The van der Waals surface area contributed by atoms with Gasteiger partial charge < -0.3 is 10.6 Å². The molecular weight excluding hydrogens is 212 g/mol. The van der Waals surface area contributed by atoms with Gasteiger partial charge in [0.1, 0.15) is 6.29 Å². The van der Waals surface area contributed by atoms with Crippen LogP contribution in [0.4, 0.5) is 5.69 Å². The second kappa shape index (κ2) is 20.1. The fourth-order valence-electron chi connectivity index (χ4n) is 0.728. The van der Waals surface area contributed by atoms with Crippen LogP contribution in [0.2, 0.25) is 0 Å². The SMILES string of the molecule is CC.CC.CNC.CNc1ccc(C=O)cc1. The molecule has 2 N–H and O–H groups in total. The van der Waals surface area contributed by atoms with Gasteiger partial charge in [0.2, 0.25) is 0 Å². The molecule has 0 aliphatic rings. The van der Waals surface area contributed by atoms with Gasteiger partial charge in [0.25, 0.3) is 0 Å². The van der Waals surface area contributed by atoms with E-state index in [1.165, 1.54) is 0 Å². The van der Waals surface area contributed by atoms with E-state index < -0.39 is 0 Å². The molecule has 0 radical (unpaired) electrons. The highest BCUT2D eigenvalue weighted by molar-refractivity contribution is 5.75. The van der Waals surface area contributed by atoms with Gasteiger partial charge in [0.15, 0.2) is 0 Å². The Morgan fingerprint density at radius 2 is 1.24 bits per heavy atom. The zero-order valence-corrected chi connectivity index (χ0v) is 12.3. The predicted octanol–water partition coefficient (Wildman–Crippen LogP) is 3.43. The summed E-state index contributed by atoms with van der Waals surface area (Å²) < 4.78 is 0. The summed E-state index contributed by atoms with van der Waals surface area (Å²) in [6.07, 6.45) is 0.833. The third kappa shape index (κ3) is 14.7. The van der Waals surface area contributed by atoms with Crippen LogP contribution in [0.1, 0.15) is 38.1 Å². The van der Waals surface area contributed by atoms with Gasteiger partial charge in [-0.25, -0.2) is 0 Å². The van der Waals surface area contributed by atoms with Crippen molar-refractivity contribution in [2.24, 2.45) is 0 Å². The lowest BCUT2D eigenvalue weighted by atomic mass is 10.2. The Labute approximate surface area is 107 Å². The first-order valence-electron chi connectivity index (χ1n) is 6.10. The van der Waals surface area contributed by atoms with E-state index in [0.29, 0.717) is 5.56 Å². The fraction of sp³-hybridized carbons (Fsp3) is 0.500. The van der Waals surface area contributed by atoms with Crippen molar-refractivity contribution >= 4 is 12.0 Å². The fourth-order valence-corrected chi connectivity index (χ4v) is 0.728. The van der Waals surface area contributed by atoms with Crippen LogP contribution in [0.3, 0.4) is 0 Å². The lowest BCUT2D eigenvalue weighted by Gasteiger charge is -1.97. The third-order valence-electron chi connectivity index (χ3n) is 1.34. The zero-order chi connectivity index (χ0) is 14.1. The van der Waals surface area contributed by atoms with Crippen LogP contribution >= 0.6 is 0 Å². The van der Waals surface area contributed by atoms with E-state index in [1.807, 2.05) is 61.0 Å². The Hall–Kier alpha value is -1.35. The topological polar surface area (TPSA) is 41.1 Å². The van der Waals surface area contributed by atoms with Crippen molar-refractivity contribution in [3.63, 3.8) is 0 Å². The number of anilines is 1. The molecule has 1 rings (SSSR count). The van der Waals surface area contributed by atoms with Crippen molar-refractivity contribution in [1.29, 1.82) is 0 Å². The van der Waals surface area contributed by atoms with Crippen LogP contribution < -0.4 is 10.6 Å². The molecule has 0 aliphatic carbocycles. The first-order valence-corrected chi connectivity index (χ1v) is 6.10. The molecule has 0 atom stereocenters. The highest BCUT2D eigenvalue weighted by Gasteiger charge is 1.87. The summed E-state index contributed by atoms with van der Waals surface area (Å²) in [5.41, 5.74) is 1.73. The molecule has 0 amide bonds. The Balaban J connectivity index is -0.000000239. The van der Waals surface area contributed by atoms with E-state index in [2.05, 4.69) is 10.6 Å². The van der Waals surface area contributed by atoms with Gasteiger partial charge in [-0.05, 0) is 38.4 Å². The van der Waals surface area contributed by atoms with Crippen LogP contribution in [0.15, 0.2) is 24.3 Å². The normalized spacial score (nSPS) is 7.00. The Morgan fingerprint density at radius 1 is 0.882 bits per heavy atom. The van der Waals surface area contributed by atoms with E-state index in [4.69, 9.17) is 0 Å². The smallest absolute Gasteiger partial charge is 0.150 e. The molecule has 0 heterocycles. The summed E-state index contributed by atoms with van der Waals surface area (Å²) in [7, 11) is 5.59. The van der Waals surface area contributed by atoms with Gasteiger partial charge in [-0.15, -0.1) is 0 Å². The first kappa shape index (κ1) is 21.0. The van der Waals surface area contributed by atoms with Crippen LogP contribution in [0.25, 0.3) is 0 Å². The molecule has 17 heavy (non-hydrogen) atoms. The summed E-state index contributed by atoms with van der Waals surface area (Å²) in [6.45, 7) is 8.00. The molecule has 100 valence electrons. The van der Waals surface area contributed by atoms with Crippen LogP contribution in [0, 0.1) is 0 Å². The van der Waals surface area contributed by atoms with Gasteiger partial charge in [-0.3, -0.25) is 4.79 Å². The maximum Gasteiger partial charge on any atom is 0.150 e. The summed E-state index contributed by atoms with van der Waals surface area (Å²) in [5, 5.41) is 5.71. The number of benzene rings is 1. The van der Waals surface area contributed by atoms with Crippen molar-refractivity contribution in [2.75, 3.05) is 26.5 Å². The van der Waals surface area contributed by atoms with Crippen LogP contribution in [0.5, 0.6) is 0 Å². The second-order valence-electron chi connectivity index (χ2n) is 2.49. The standard InChI is InChI=1S/C8H9NO.C2H7N.2C2H6/c1-9-8-4-2-7(6-10)3-5-8;1-3-2;2*1-2/h2-6,9H,1H3;3H,1-2H3;2*1-2H3. The van der Waals surface area contributed by atoms with Crippen LogP contribution in [-0.4, -0.2) is 27.4 Å². The minimum atomic E-state index is 0.707. The number of rotatable bonds is 2. The van der Waals surface area contributed by atoms with Crippen molar-refractivity contribution in [3.8, 4) is 0 Å². The van der Waals surface area contributed by atoms with Crippen molar-refractivity contribution in [3.05, 3.63) is 29.8 Å². The highest BCUT2D eigenvalue weighted by Crippen LogP contribution is 2.05. The Kier molecular flexibility index (Phi) is 24.8. The minimum absolute atomic E-state index is 0.707. The van der Waals surface area contributed by atoms with Gasteiger partial charge in [0.05, 0.1) is 0 Å². The average molecular weight is 240 g/mol. The number of carbonyl (C=O) groups excluding carboxylic acids is 1. The average Bonchev–Trinajstić information content (AvgIpc) is 2.44. The number of nitrogens with one attached hydrogen (secondary N) is 2. The molecule has 0 spiro atoms. The quantitative estimate of drug-likeness (QED) is 0.778.